The van der Waals surface area contributed by atoms with Crippen molar-refractivity contribution in [3.63, 3.8) is 0 Å². The number of rotatable bonds is 7. The second kappa shape index (κ2) is 6.76. The number of hydrogen-bond donors (Lipinski definition) is 2. The highest BCUT2D eigenvalue weighted by atomic mass is 16.4. The largest absolute Gasteiger partial charge is 0.477 e. The number of aryl methyl sites for hydroxylation is 1. The molecule has 2 N–H and O–H groups in total. The molecular formula is C17H24N2O2. The topological polar surface area (TPSA) is 54.3 Å². The fourth-order valence-electron chi connectivity index (χ4n) is 2.73. The van der Waals surface area contributed by atoms with Gasteiger partial charge in [-0.1, -0.05) is 32.0 Å². The van der Waals surface area contributed by atoms with Gasteiger partial charge in [0.1, 0.15) is 5.69 Å². The van der Waals surface area contributed by atoms with Gasteiger partial charge in [-0.05, 0) is 31.9 Å². The van der Waals surface area contributed by atoms with Gasteiger partial charge in [0.15, 0.2) is 0 Å². The first kappa shape index (κ1) is 15.6. The molecule has 0 saturated heterocycles. The summed E-state index contributed by atoms with van der Waals surface area (Å²) in [5, 5.41) is 14.0. The van der Waals surface area contributed by atoms with E-state index in [1.54, 1.807) is 0 Å². The van der Waals surface area contributed by atoms with Crippen molar-refractivity contribution >= 4 is 16.9 Å². The lowest BCUT2D eigenvalue weighted by Crippen LogP contribution is -2.19. The number of para-hydroxylation sites is 1. The van der Waals surface area contributed by atoms with Crippen molar-refractivity contribution in [1.82, 2.24) is 9.88 Å². The van der Waals surface area contributed by atoms with Gasteiger partial charge in [0.25, 0.3) is 0 Å². The van der Waals surface area contributed by atoms with Gasteiger partial charge >= 0.3 is 5.97 Å². The summed E-state index contributed by atoms with van der Waals surface area (Å²) in [4.78, 5) is 11.7. The predicted molar refractivity (Wildman–Crippen MR) is 85.7 cm³/mol. The molecule has 0 amide bonds. The zero-order valence-electron chi connectivity index (χ0n) is 13.0. The molecule has 21 heavy (non-hydrogen) atoms. The SMILES string of the molecule is CCn1c(C(=O)O)c(CNCCC(C)C)c2ccccc21. The number of carboxylic acid groups (broad SMARTS) is 1. The number of fused-ring (bicyclic) bond motifs is 1. The molecule has 0 bridgehead atoms. The fraction of sp³-hybridized carbons (Fsp3) is 0.471. The van der Waals surface area contributed by atoms with E-state index in [1.807, 2.05) is 35.8 Å². The van der Waals surface area contributed by atoms with E-state index in [1.165, 1.54) is 0 Å². The van der Waals surface area contributed by atoms with Gasteiger partial charge in [-0.2, -0.15) is 0 Å². The summed E-state index contributed by atoms with van der Waals surface area (Å²) >= 11 is 0. The third kappa shape index (κ3) is 3.27. The van der Waals surface area contributed by atoms with Crippen LogP contribution in [0.3, 0.4) is 0 Å². The van der Waals surface area contributed by atoms with E-state index in [0.717, 1.165) is 29.4 Å². The number of aromatic carboxylic acids is 1. The predicted octanol–water partition coefficient (Wildman–Crippen LogP) is 3.50. The molecule has 1 aromatic carbocycles. The van der Waals surface area contributed by atoms with Gasteiger partial charge in [-0.3, -0.25) is 0 Å². The van der Waals surface area contributed by atoms with Crippen LogP contribution in [-0.4, -0.2) is 22.2 Å². The molecule has 0 atom stereocenters. The first-order valence-corrected chi connectivity index (χ1v) is 7.60. The summed E-state index contributed by atoms with van der Waals surface area (Å²) in [5.74, 6) is -0.206. The summed E-state index contributed by atoms with van der Waals surface area (Å²) < 4.78 is 1.89. The number of benzene rings is 1. The van der Waals surface area contributed by atoms with Crippen molar-refractivity contribution in [2.24, 2.45) is 5.92 Å². The number of nitrogens with one attached hydrogen (secondary N) is 1. The van der Waals surface area contributed by atoms with E-state index >= 15 is 0 Å². The Morgan fingerprint density at radius 3 is 2.67 bits per heavy atom. The minimum Gasteiger partial charge on any atom is -0.477 e. The number of hydrogen-bond acceptors (Lipinski definition) is 2. The first-order valence-electron chi connectivity index (χ1n) is 7.60. The van der Waals surface area contributed by atoms with Crippen LogP contribution < -0.4 is 5.32 Å². The van der Waals surface area contributed by atoms with Crippen LogP contribution in [0.1, 0.15) is 43.2 Å². The van der Waals surface area contributed by atoms with E-state index in [9.17, 15) is 9.90 Å². The minimum absolute atomic E-state index is 0.413. The fourth-order valence-corrected chi connectivity index (χ4v) is 2.73. The Labute approximate surface area is 125 Å². The van der Waals surface area contributed by atoms with Gasteiger partial charge in [0.05, 0.1) is 0 Å². The third-order valence-corrected chi connectivity index (χ3v) is 3.79. The smallest absolute Gasteiger partial charge is 0.352 e. The molecule has 1 heterocycles. The van der Waals surface area contributed by atoms with Crippen molar-refractivity contribution < 1.29 is 9.90 Å². The van der Waals surface area contributed by atoms with E-state index in [0.29, 0.717) is 24.7 Å². The first-order chi connectivity index (χ1) is 10.1. The molecule has 4 heteroatoms. The van der Waals surface area contributed by atoms with Gasteiger partial charge < -0.3 is 15.0 Å². The lowest BCUT2D eigenvalue weighted by Gasteiger charge is -2.08. The highest BCUT2D eigenvalue weighted by Gasteiger charge is 2.20. The number of nitrogens with zero attached hydrogens (tertiary/aromatic N) is 1. The van der Waals surface area contributed by atoms with Crippen molar-refractivity contribution in [1.29, 1.82) is 0 Å². The third-order valence-electron chi connectivity index (χ3n) is 3.79. The van der Waals surface area contributed by atoms with Crippen LogP contribution in [0, 0.1) is 5.92 Å². The Hall–Kier alpha value is -1.81. The molecule has 1 aromatic heterocycles. The van der Waals surface area contributed by atoms with Crippen LogP contribution in [0.2, 0.25) is 0 Å². The second-order valence-corrected chi connectivity index (χ2v) is 5.75. The van der Waals surface area contributed by atoms with Crippen molar-refractivity contribution in [3.8, 4) is 0 Å². The van der Waals surface area contributed by atoms with Crippen LogP contribution in [0.5, 0.6) is 0 Å². The molecule has 0 saturated carbocycles. The molecule has 0 spiro atoms. The minimum atomic E-state index is -0.853. The summed E-state index contributed by atoms with van der Waals surface area (Å²) in [6, 6.07) is 7.91. The van der Waals surface area contributed by atoms with E-state index in [2.05, 4.69) is 19.2 Å². The van der Waals surface area contributed by atoms with Gasteiger partial charge in [-0.15, -0.1) is 0 Å². The molecule has 0 aliphatic rings. The van der Waals surface area contributed by atoms with Crippen LogP contribution in [0.15, 0.2) is 24.3 Å². The monoisotopic (exact) mass is 288 g/mol. The molecule has 0 aliphatic heterocycles. The summed E-state index contributed by atoms with van der Waals surface area (Å²) in [6.07, 6.45) is 1.09. The maximum absolute atomic E-state index is 11.7. The van der Waals surface area contributed by atoms with Crippen LogP contribution in [-0.2, 0) is 13.1 Å². The van der Waals surface area contributed by atoms with Crippen LogP contribution in [0.4, 0.5) is 0 Å². The molecule has 114 valence electrons. The lowest BCUT2D eigenvalue weighted by atomic mass is 10.1. The maximum atomic E-state index is 11.7. The Kier molecular flexibility index (Phi) is 5.02. The number of carbonyl (C=O) groups is 1. The molecule has 0 fully saturated rings. The average molecular weight is 288 g/mol. The normalized spacial score (nSPS) is 11.4. The van der Waals surface area contributed by atoms with Crippen molar-refractivity contribution in [2.45, 2.75) is 40.3 Å². The Morgan fingerprint density at radius 1 is 1.33 bits per heavy atom. The molecule has 0 radical (unpaired) electrons. The molecular weight excluding hydrogens is 264 g/mol. The Balaban J connectivity index is 2.36. The lowest BCUT2D eigenvalue weighted by molar-refractivity contribution is 0.0684. The zero-order valence-corrected chi connectivity index (χ0v) is 13.0. The zero-order chi connectivity index (χ0) is 15.4. The summed E-state index contributed by atoms with van der Waals surface area (Å²) in [6.45, 7) is 8.52. The standard InChI is InChI=1S/C17H24N2O2/c1-4-19-15-8-6-5-7-13(15)14(16(19)17(20)21)11-18-10-9-12(2)3/h5-8,12,18H,4,9-11H2,1-3H3,(H,20,21). The van der Waals surface area contributed by atoms with Gasteiger partial charge in [-0.25, -0.2) is 4.79 Å². The maximum Gasteiger partial charge on any atom is 0.352 e. The Bertz CT molecular complexity index is 629. The molecule has 2 rings (SSSR count). The number of aromatic nitrogens is 1. The van der Waals surface area contributed by atoms with E-state index in [4.69, 9.17) is 0 Å². The molecule has 0 aliphatic carbocycles. The second-order valence-electron chi connectivity index (χ2n) is 5.75. The van der Waals surface area contributed by atoms with Crippen molar-refractivity contribution in [2.75, 3.05) is 6.54 Å². The average Bonchev–Trinajstić information content (AvgIpc) is 2.77. The van der Waals surface area contributed by atoms with E-state index < -0.39 is 5.97 Å². The summed E-state index contributed by atoms with van der Waals surface area (Å²) in [7, 11) is 0. The molecule has 4 nitrogen and oxygen atoms in total. The quantitative estimate of drug-likeness (QED) is 0.767. The summed E-state index contributed by atoms with van der Waals surface area (Å²) in [5.41, 5.74) is 2.30. The molecule has 0 unspecified atom stereocenters. The van der Waals surface area contributed by atoms with Gasteiger partial charge in [0, 0.05) is 29.6 Å². The highest BCUT2D eigenvalue weighted by molar-refractivity contribution is 5.98. The molecule has 2 aromatic rings. The highest BCUT2D eigenvalue weighted by Crippen LogP contribution is 2.26. The van der Waals surface area contributed by atoms with Crippen molar-refractivity contribution in [3.05, 3.63) is 35.5 Å². The van der Waals surface area contributed by atoms with E-state index in [-0.39, 0.29) is 0 Å². The van der Waals surface area contributed by atoms with Crippen LogP contribution in [0.25, 0.3) is 10.9 Å². The Morgan fingerprint density at radius 2 is 2.05 bits per heavy atom. The van der Waals surface area contributed by atoms with Gasteiger partial charge in [0.2, 0.25) is 0 Å². The number of carboxylic acids is 1. The van der Waals surface area contributed by atoms with Crippen LogP contribution >= 0.6 is 0 Å².